The van der Waals surface area contributed by atoms with Gasteiger partial charge in [0.15, 0.2) is 0 Å². The van der Waals surface area contributed by atoms with Gasteiger partial charge in [0, 0.05) is 57.7 Å². The first-order valence-corrected chi connectivity index (χ1v) is 9.21. The highest BCUT2D eigenvalue weighted by Gasteiger charge is 2.39. The number of piperazine rings is 1. The molecular weight excluding hydrogens is 324 g/mol. The lowest BCUT2D eigenvalue weighted by atomic mass is 10.0. The van der Waals surface area contributed by atoms with Gasteiger partial charge in [0.05, 0.1) is 0 Å². The molecule has 1 aromatic carbocycles. The second-order valence-electron chi connectivity index (χ2n) is 7.17. The second-order valence-corrected chi connectivity index (χ2v) is 7.17. The number of anilines is 1. The van der Waals surface area contributed by atoms with Crippen LogP contribution in [-0.2, 0) is 11.2 Å². The number of amides is 1. The van der Waals surface area contributed by atoms with Gasteiger partial charge in [-0.1, -0.05) is 12.1 Å². The molecular formula is C19H27F2N3O. The summed E-state index contributed by atoms with van der Waals surface area (Å²) < 4.78 is 26.3. The molecule has 0 spiro atoms. The van der Waals surface area contributed by atoms with Gasteiger partial charge in [0.2, 0.25) is 11.8 Å². The largest absolute Gasteiger partial charge is 0.369 e. The van der Waals surface area contributed by atoms with Crippen LogP contribution in [-0.4, -0.2) is 44.6 Å². The van der Waals surface area contributed by atoms with Crippen molar-refractivity contribution in [1.29, 1.82) is 0 Å². The van der Waals surface area contributed by atoms with E-state index in [2.05, 4.69) is 39.8 Å². The van der Waals surface area contributed by atoms with Gasteiger partial charge in [-0.15, -0.1) is 0 Å². The molecule has 6 heteroatoms. The van der Waals surface area contributed by atoms with Crippen LogP contribution in [0.1, 0.15) is 31.2 Å². The number of halogens is 2. The number of carbonyl (C=O) groups is 1. The Hall–Kier alpha value is -1.69. The van der Waals surface area contributed by atoms with Crippen molar-refractivity contribution in [2.45, 2.75) is 38.0 Å². The molecule has 2 N–H and O–H groups in total. The first kappa shape index (κ1) is 18.1. The third-order valence-corrected chi connectivity index (χ3v) is 5.13. The molecule has 138 valence electrons. The molecule has 1 aliphatic carbocycles. The Kier molecular flexibility index (Phi) is 5.89. The van der Waals surface area contributed by atoms with Crippen LogP contribution >= 0.6 is 0 Å². The molecule has 1 saturated carbocycles. The molecule has 2 fully saturated rings. The van der Waals surface area contributed by atoms with Gasteiger partial charge in [0.25, 0.3) is 0 Å². The monoisotopic (exact) mass is 351 g/mol. The van der Waals surface area contributed by atoms with Crippen molar-refractivity contribution in [2.75, 3.05) is 37.6 Å². The maximum absolute atomic E-state index is 13.1. The zero-order valence-electron chi connectivity index (χ0n) is 14.6. The summed E-state index contributed by atoms with van der Waals surface area (Å²) in [5.41, 5.74) is 2.41. The van der Waals surface area contributed by atoms with E-state index >= 15 is 0 Å². The van der Waals surface area contributed by atoms with E-state index in [9.17, 15) is 13.6 Å². The number of hydrogen-bond acceptors (Lipinski definition) is 3. The lowest BCUT2D eigenvalue weighted by Crippen LogP contribution is -2.43. The average molecular weight is 351 g/mol. The fourth-order valence-corrected chi connectivity index (χ4v) is 3.69. The molecule has 4 nitrogen and oxygen atoms in total. The van der Waals surface area contributed by atoms with Crippen LogP contribution in [0.5, 0.6) is 0 Å². The third-order valence-electron chi connectivity index (χ3n) is 5.13. The molecule has 1 unspecified atom stereocenters. The normalized spacial score (nSPS) is 22.8. The summed E-state index contributed by atoms with van der Waals surface area (Å²) in [7, 11) is 0. The van der Waals surface area contributed by atoms with Gasteiger partial charge in [-0.3, -0.25) is 4.79 Å². The maximum Gasteiger partial charge on any atom is 0.248 e. The van der Waals surface area contributed by atoms with E-state index in [1.54, 1.807) is 0 Å². The van der Waals surface area contributed by atoms with Crippen molar-refractivity contribution in [3.05, 3.63) is 29.8 Å². The van der Waals surface area contributed by atoms with Crippen LogP contribution in [0.2, 0.25) is 0 Å². The Morgan fingerprint density at radius 1 is 1.24 bits per heavy atom. The fourth-order valence-electron chi connectivity index (χ4n) is 3.69. The summed E-state index contributed by atoms with van der Waals surface area (Å²) in [5, 5.41) is 6.20. The van der Waals surface area contributed by atoms with Crippen molar-refractivity contribution in [3.63, 3.8) is 0 Å². The zero-order chi connectivity index (χ0) is 17.7. The lowest BCUT2D eigenvalue weighted by Gasteiger charge is -2.29. The molecule has 1 saturated heterocycles. The highest BCUT2D eigenvalue weighted by atomic mass is 19.3. The summed E-state index contributed by atoms with van der Waals surface area (Å²) in [5.74, 6) is -2.86. The lowest BCUT2D eigenvalue weighted by molar-refractivity contribution is -0.122. The zero-order valence-corrected chi connectivity index (χ0v) is 14.6. The topological polar surface area (TPSA) is 44.4 Å². The summed E-state index contributed by atoms with van der Waals surface area (Å²) >= 11 is 0. The SMILES string of the molecule is O=C(CC1CCC(F)(F)C1)NCCc1ccc(N2CCNCC2)cc1. The van der Waals surface area contributed by atoms with Gasteiger partial charge in [-0.05, 0) is 36.5 Å². The standard InChI is InChI=1S/C19H27F2N3O/c20-19(21)7-5-16(14-19)13-18(25)23-8-6-15-1-3-17(4-2-15)24-11-9-22-10-12-24/h1-4,16,22H,5-14H2,(H,23,25). The van der Waals surface area contributed by atoms with Crippen molar-refractivity contribution in [3.8, 4) is 0 Å². The van der Waals surface area contributed by atoms with E-state index < -0.39 is 5.92 Å². The summed E-state index contributed by atoms with van der Waals surface area (Å²) in [6.07, 6.45) is 1.21. The molecule has 1 aromatic rings. The minimum Gasteiger partial charge on any atom is -0.369 e. The smallest absolute Gasteiger partial charge is 0.248 e. The molecule has 1 aliphatic heterocycles. The maximum atomic E-state index is 13.1. The number of benzene rings is 1. The number of nitrogens with zero attached hydrogens (tertiary/aromatic N) is 1. The Bertz CT molecular complexity index is 571. The van der Waals surface area contributed by atoms with E-state index in [0.717, 1.165) is 32.6 Å². The molecule has 0 aromatic heterocycles. The van der Waals surface area contributed by atoms with Crippen LogP contribution in [0.25, 0.3) is 0 Å². The first-order valence-electron chi connectivity index (χ1n) is 9.21. The van der Waals surface area contributed by atoms with E-state index in [4.69, 9.17) is 0 Å². The number of nitrogens with one attached hydrogen (secondary N) is 2. The number of carbonyl (C=O) groups excluding carboxylic acids is 1. The highest BCUT2D eigenvalue weighted by Crippen LogP contribution is 2.40. The summed E-state index contributed by atoms with van der Waals surface area (Å²) in [6.45, 7) is 4.63. The number of alkyl halides is 2. The van der Waals surface area contributed by atoms with Gasteiger partial charge in [-0.2, -0.15) is 0 Å². The minimum atomic E-state index is -2.57. The molecule has 0 bridgehead atoms. The van der Waals surface area contributed by atoms with Crippen molar-refractivity contribution in [1.82, 2.24) is 10.6 Å². The van der Waals surface area contributed by atoms with Gasteiger partial charge < -0.3 is 15.5 Å². The van der Waals surface area contributed by atoms with E-state index in [1.807, 2.05) is 0 Å². The Balaban J connectivity index is 1.37. The first-order chi connectivity index (χ1) is 12.0. The highest BCUT2D eigenvalue weighted by molar-refractivity contribution is 5.76. The van der Waals surface area contributed by atoms with Crippen LogP contribution in [0, 0.1) is 5.92 Å². The van der Waals surface area contributed by atoms with E-state index in [1.165, 1.54) is 11.3 Å². The van der Waals surface area contributed by atoms with Crippen LogP contribution in [0.4, 0.5) is 14.5 Å². The molecule has 1 atom stereocenters. The van der Waals surface area contributed by atoms with Gasteiger partial charge in [0.1, 0.15) is 0 Å². The van der Waals surface area contributed by atoms with Crippen LogP contribution in [0.3, 0.4) is 0 Å². The van der Waals surface area contributed by atoms with Crippen LogP contribution in [0.15, 0.2) is 24.3 Å². The van der Waals surface area contributed by atoms with Crippen LogP contribution < -0.4 is 15.5 Å². The Morgan fingerprint density at radius 2 is 1.96 bits per heavy atom. The second kappa shape index (κ2) is 8.13. The van der Waals surface area contributed by atoms with Gasteiger partial charge in [-0.25, -0.2) is 8.78 Å². The molecule has 2 aliphatic rings. The Morgan fingerprint density at radius 3 is 2.60 bits per heavy atom. The average Bonchev–Trinajstić information content (AvgIpc) is 2.95. The minimum absolute atomic E-state index is 0.0790. The third kappa shape index (κ3) is 5.39. The van der Waals surface area contributed by atoms with E-state index in [0.29, 0.717) is 13.0 Å². The Labute approximate surface area is 148 Å². The molecule has 1 heterocycles. The predicted molar refractivity (Wildman–Crippen MR) is 95.1 cm³/mol. The molecule has 3 rings (SSSR count). The van der Waals surface area contributed by atoms with E-state index in [-0.39, 0.29) is 31.1 Å². The quantitative estimate of drug-likeness (QED) is 0.828. The predicted octanol–water partition coefficient (Wildman–Crippen LogP) is 2.58. The van der Waals surface area contributed by atoms with Crippen molar-refractivity contribution in [2.24, 2.45) is 5.92 Å². The number of rotatable bonds is 6. The van der Waals surface area contributed by atoms with Crippen molar-refractivity contribution < 1.29 is 13.6 Å². The summed E-state index contributed by atoms with van der Waals surface area (Å²) in [6, 6.07) is 8.45. The number of hydrogen-bond donors (Lipinski definition) is 2. The van der Waals surface area contributed by atoms with Gasteiger partial charge >= 0.3 is 0 Å². The summed E-state index contributed by atoms with van der Waals surface area (Å²) in [4.78, 5) is 14.3. The fraction of sp³-hybridized carbons (Fsp3) is 0.632. The molecule has 0 radical (unpaired) electrons. The van der Waals surface area contributed by atoms with Crippen molar-refractivity contribution >= 4 is 11.6 Å². The molecule has 1 amide bonds. The molecule has 25 heavy (non-hydrogen) atoms.